The van der Waals surface area contributed by atoms with Crippen LogP contribution in [0, 0.1) is 5.92 Å². The van der Waals surface area contributed by atoms with Crippen molar-refractivity contribution in [2.75, 3.05) is 0 Å². The Bertz CT molecular complexity index is 700. The molecule has 2 atom stereocenters. The maximum atomic E-state index is 12.9. The standard InChI is InChI=1S/C16H17F3N4O/c17-16(18,19)12-2-1-3-13(9-12)22-15(24)11-4-5-21-14(8-11)23-7-6-20-10-23/h4-8,10,12-13H,1-3,9H2,(H,22,24)/t12-,13-/m1/s1. The minimum atomic E-state index is -4.20. The molecule has 24 heavy (non-hydrogen) atoms. The van der Waals surface area contributed by atoms with Gasteiger partial charge in [0.2, 0.25) is 0 Å². The van der Waals surface area contributed by atoms with Crippen LogP contribution in [0.25, 0.3) is 5.82 Å². The van der Waals surface area contributed by atoms with Crippen molar-refractivity contribution in [1.82, 2.24) is 19.9 Å². The van der Waals surface area contributed by atoms with Crippen molar-refractivity contribution in [2.24, 2.45) is 5.92 Å². The van der Waals surface area contributed by atoms with E-state index in [1.54, 1.807) is 35.4 Å². The molecule has 0 spiro atoms. The first kappa shape index (κ1) is 16.5. The molecule has 0 aliphatic heterocycles. The number of rotatable bonds is 3. The number of aromatic nitrogens is 3. The number of carbonyl (C=O) groups is 1. The molecule has 1 aliphatic carbocycles. The number of nitrogens with one attached hydrogen (secondary N) is 1. The summed E-state index contributed by atoms with van der Waals surface area (Å²) in [5.41, 5.74) is 0.364. The summed E-state index contributed by atoms with van der Waals surface area (Å²) in [7, 11) is 0. The highest BCUT2D eigenvalue weighted by molar-refractivity contribution is 5.94. The Kier molecular flexibility index (Phi) is 4.55. The van der Waals surface area contributed by atoms with Crippen LogP contribution in [0.3, 0.4) is 0 Å². The van der Waals surface area contributed by atoms with Crippen LogP contribution in [-0.2, 0) is 0 Å². The summed E-state index contributed by atoms with van der Waals surface area (Å²) >= 11 is 0. The number of halogens is 3. The third kappa shape index (κ3) is 3.74. The van der Waals surface area contributed by atoms with E-state index in [-0.39, 0.29) is 18.7 Å². The molecule has 2 aromatic heterocycles. The molecule has 0 radical (unpaired) electrons. The fourth-order valence-electron chi connectivity index (χ4n) is 2.98. The number of amides is 1. The number of hydrogen-bond donors (Lipinski definition) is 1. The molecular formula is C16H17F3N4O. The van der Waals surface area contributed by atoms with Gasteiger partial charge in [-0.25, -0.2) is 9.97 Å². The lowest BCUT2D eigenvalue weighted by Crippen LogP contribution is -2.41. The maximum absolute atomic E-state index is 12.9. The van der Waals surface area contributed by atoms with E-state index in [0.29, 0.717) is 24.2 Å². The number of imidazole rings is 1. The Balaban J connectivity index is 1.68. The molecule has 2 heterocycles. The largest absolute Gasteiger partial charge is 0.391 e. The lowest BCUT2D eigenvalue weighted by atomic mass is 9.85. The Hall–Kier alpha value is -2.38. The fraction of sp³-hybridized carbons (Fsp3) is 0.438. The lowest BCUT2D eigenvalue weighted by molar-refractivity contribution is -0.183. The summed E-state index contributed by atoms with van der Waals surface area (Å²) in [5.74, 6) is -1.20. The monoisotopic (exact) mass is 338 g/mol. The fourth-order valence-corrected chi connectivity index (χ4v) is 2.98. The van der Waals surface area contributed by atoms with Gasteiger partial charge in [0.1, 0.15) is 12.1 Å². The second kappa shape index (κ2) is 6.62. The topological polar surface area (TPSA) is 59.8 Å². The van der Waals surface area contributed by atoms with Gasteiger partial charge in [-0.05, 0) is 31.4 Å². The van der Waals surface area contributed by atoms with Crippen LogP contribution in [0.5, 0.6) is 0 Å². The Morgan fingerprint density at radius 1 is 1.29 bits per heavy atom. The molecule has 0 bridgehead atoms. The number of alkyl halides is 3. The van der Waals surface area contributed by atoms with E-state index >= 15 is 0 Å². The minimum absolute atomic E-state index is 0.0608. The normalized spacial score (nSPS) is 21.5. The average molecular weight is 338 g/mol. The van der Waals surface area contributed by atoms with Crippen molar-refractivity contribution in [3.05, 3.63) is 42.6 Å². The highest BCUT2D eigenvalue weighted by Crippen LogP contribution is 2.37. The van der Waals surface area contributed by atoms with Gasteiger partial charge in [0.15, 0.2) is 0 Å². The van der Waals surface area contributed by atoms with Gasteiger partial charge in [-0.2, -0.15) is 13.2 Å². The summed E-state index contributed by atoms with van der Waals surface area (Å²) < 4.78 is 40.2. The highest BCUT2D eigenvalue weighted by atomic mass is 19.4. The van der Waals surface area contributed by atoms with Gasteiger partial charge in [-0.15, -0.1) is 0 Å². The average Bonchev–Trinajstić information content (AvgIpc) is 3.09. The number of hydrogen-bond acceptors (Lipinski definition) is 3. The summed E-state index contributed by atoms with van der Waals surface area (Å²) in [6.07, 6.45) is 3.23. The molecule has 1 amide bonds. The van der Waals surface area contributed by atoms with Crippen molar-refractivity contribution < 1.29 is 18.0 Å². The molecular weight excluding hydrogens is 321 g/mol. The maximum Gasteiger partial charge on any atom is 0.391 e. The van der Waals surface area contributed by atoms with E-state index in [2.05, 4.69) is 15.3 Å². The van der Waals surface area contributed by atoms with Crippen LogP contribution >= 0.6 is 0 Å². The smallest absolute Gasteiger partial charge is 0.349 e. The van der Waals surface area contributed by atoms with E-state index < -0.39 is 18.1 Å². The first-order valence-corrected chi connectivity index (χ1v) is 7.75. The van der Waals surface area contributed by atoms with E-state index in [4.69, 9.17) is 0 Å². The molecule has 1 fully saturated rings. The van der Waals surface area contributed by atoms with Crippen LogP contribution in [0.2, 0.25) is 0 Å². The van der Waals surface area contributed by atoms with Gasteiger partial charge in [0.05, 0.1) is 5.92 Å². The van der Waals surface area contributed by atoms with Gasteiger partial charge < -0.3 is 5.32 Å². The third-order valence-electron chi connectivity index (χ3n) is 4.25. The summed E-state index contributed by atoms with van der Waals surface area (Å²) in [6.45, 7) is 0. The van der Waals surface area contributed by atoms with Crippen molar-refractivity contribution >= 4 is 5.91 Å². The molecule has 5 nitrogen and oxygen atoms in total. The molecule has 0 saturated heterocycles. The van der Waals surface area contributed by atoms with Crippen LogP contribution < -0.4 is 5.32 Å². The van der Waals surface area contributed by atoms with Crippen molar-refractivity contribution in [1.29, 1.82) is 0 Å². The van der Waals surface area contributed by atoms with Gasteiger partial charge in [0, 0.05) is 30.2 Å². The molecule has 1 N–H and O–H groups in total. The molecule has 8 heteroatoms. The Morgan fingerprint density at radius 3 is 2.83 bits per heavy atom. The second-order valence-electron chi connectivity index (χ2n) is 5.95. The zero-order chi connectivity index (χ0) is 17.2. The SMILES string of the molecule is O=C(N[C@@H]1CCC[C@@H](C(F)(F)F)C1)c1ccnc(-n2ccnc2)c1. The molecule has 1 saturated carbocycles. The second-order valence-corrected chi connectivity index (χ2v) is 5.95. The van der Waals surface area contributed by atoms with Crippen molar-refractivity contribution in [2.45, 2.75) is 37.9 Å². The van der Waals surface area contributed by atoms with Crippen LogP contribution in [-0.4, -0.2) is 32.7 Å². The molecule has 3 rings (SSSR count). The van der Waals surface area contributed by atoms with E-state index in [9.17, 15) is 18.0 Å². The van der Waals surface area contributed by atoms with Crippen molar-refractivity contribution in [3.63, 3.8) is 0 Å². The highest BCUT2D eigenvalue weighted by Gasteiger charge is 2.42. The van der Waals surface area contributed by atoms with Gasteiger partial charge in [-0.1, -0.05) is 6.42 Å². The zero-order valence-electron chi connectivity index (χ0n) is 12.8. The molecule has 2 aromatic rings. The van der Waals surface area contributed by atoms with Gasteiger partial charge >= 0.3 is 6.18 Å². The summed E-state index contributed by atoms with van der Waals surface area (Å²) in [4.78, 5) is 20.4. The number of carbonyl (C=O) groups excluding carboxylic acids is 1. The predicted molar refractivity (Wildman–Crippen MR) is 80.6 cm³/mol. The molecule has 0 unspecified atom stereocenters. The van der Waals surface area contributed by atoms with Crippen LogP contribution in [0.15, 0.2) is 37.1 Å². The third-order valence-corrected chi connectivity index (χ3v) is 4.25. The zero-order valence-corrected chi connectivity index (χ0v) is 12.8. The number of pyridine rings is 1. The summed E-state index contributed by atoms with van der Waals surface area (Å²) in [6, 6.07) is 2.67. The predicted octanol–water partition coefficient (Wildman–Crippen LogP) is 3.12. The lowest BCUT2D eigenvalue weighted by Gasteiger charge is -2.31. The Morgan fingerprint density at radius 2 is 2.12 bits per heavy atom. The van der Waals surface area contributed by atoms with Gasteiger partial charge in [0.25, 0.3) is 5.91 Å². The molecule has 1 aliphatic rings. The van der Waals surface area contributed by atoms with Crippen molar-refractivity contribution in [3.8, 4) is 5.82 Å². The minimum Gasteiger partial charge on any atom is -0.349 e. The first-order chi connectivity index (χ1) is 11.4. The number of nitrogens with zero attached hydrogens (tertiary/aromatic N) is 3. The van der Waals surface area contributed by atoms with E-state index in [1.165, 1.54) is 6.20 Å². The molecule has 128 valence electrons. The summed E-state index contributed by atoms with van der Waals surface area (Å²) in [5, 5.41) is 2.72. The first-order valence-electron chi connectivity index (χ1n) is 7.75. The van der Waals surface area contributed by atoms with E-state index in [1.807, 2.05) is 0 Å². The van der Waals surface area contributed by atoms with Crippen LogP contribution in [0.1, 0.15) is 36.0 Å². The molecule has 0 aromatic carbocycles. The van der Waals surface area contributed by atoms with Gasteiger partial charge in [-0.3, -0.25) is 9.36 Å². The van der Waals surface area contributed by atoms with Crippen LogP contribution in [0.4, 0.5) is 13.2 Å². The van der Waals surface area contributed by atoms with E-state index in [0.717, 1.165) is 0 Å². The Labute approximate surface area is 136 Å². The quantitative estimate of drug-likeness (QED) is 0.935.